The fraction of sp³-hybridized carbons (Fsp3) is 0.391. The molecule has 6 nitrogen and oxygen atoms in total. The van der Waals surface area contributed by atoms with Crippen LogP contribution < -0.4 is 4.74 Å². The molecule has 2 heterocycles. The first-order valence-corrected chi connectivity index (χ1v) is 11.4. The van der Waals surface area contributed by atoms with Crippen LogP contribution in [0, 0.1) is 0 Å². The molecule has 1 fully saturated rings. The topological polar surface area (TPSA) is 99.4 Å². The standard InChI is InChI=1S/C23H25ClO6S/c24-18-11-20(29-6-5-25)17(23-22(28)19(27)10-15(12-26)30-23)9-14(18)8-16-7-13-3-1-2-4-21(13)31-16/h1-4,7,9,11,15,19,22-23,25-28H,5-6,8,10,12H2/t15?,19-,22+,23?/m0/s1. The molecule has 1 saturated heterocycles. The van der Waals surface area contributed by atoms with Gasteiger partial charge in [-0.15, -0.1) is 11.3 Å². The van der Waals surface area contributed by atoms with Gasteiger partial charge < -0.3 is 29.9 Å². The van der Waals surface area contributed by atoms with Gasteiger partial charge in [0.1, 0.15) is 24.6 Å². The second-order valence-corrected chi connectivity index (χ2v) is 9.21. The van der Waals surface area contributed by atoms with Crippen molar-refractivity contribution in [2.45, 2.75) is 37.3 Å². The predicted molar refractivity (Wildman–Crippen MR) is 120 cm³/mol. The predicted octanol–water partition coefficient (Wildman–Crippen LogP) is 3.06. The van der Waals surface area contributed by atoms with Crippen molar-refractivity contribution in [2.24, 2.45) is 0 Å². The summed E-state index contributed by atoms with van der Waals surface area (Å²) >= 11 is 8.25. The molecule has 3 aromatic rings. The van der Waals surface area contributed by atoms with Crippen LogP contribution in [-0.4, -0.2) is 58.6 Å². The highest BCUT2D eigenvalue weighted by molar-refractivity contribution is 7.19. The number of ether oxygens (including phenoxy) is 2. The Labute approximate surface area is 189 Å². The third-order valence-corrected chi connectivity index (χ3v) is 6.89. The van der Waals surface area contributed by atoms with Gasteiger partial charge in [0.25, 0.3) is 0 Å². The molecule has 0 bridgehead atoms. The lowest BCUT2D eigenvalue weighted by molar-refractivity contribution is -0.180. The van der Waals surface area contributed by atoms with E-state index in [1.807, 2.05) is 18.2 Å². The number of aliphatic hydroxyl groups is 4. The van der Waals surface area contributed by atoms with E-state index in [-0.39, 0.29) is 26.2 Å². The molecule has 0 radical (unpaired) electrons. The minimum absolute atomic E-state index is 0.0494. The second kappa shape index (κ2) is 9.83. The summed E-state index contributed by atoms with van der Waals surface area (Å²) in [6, 6.07) is 13.7. The number of rotatable bonds is 7. The van der Waals surface area contributed by atoms with Gasteiger partial charge in [0, 0.05) is 33.0 Å². The normalized spacial score (nSPS) is 23.9. The third-order valence-electron chi connectivity index (χ3n) is 5.43. The van der Waals surface area contributed by atoms with Crippen molar-refractivity contribution in [1.82, 2.24) is 0 Å². The Morgan fingerprint density at radius 3 is 2.68 bits per heavy atom. The lowest BCUT2D eigenvalue weighted by Crippen LogP contribution is -2.44. The van der Waals surface area contributed by atoms with Crippen molar-refractivity contribution in [3.05, 3.63) is 63.5 Å². The van der Waals surface area contributed by atoms with Crippen molar-refractivity contribution in [1.29, 1.82) is 0 Å². The van der Waals surface area contributed by atoms with E-state index in [9.17, 15) is 20.4 Å². The van der Waals surface area contributed by atoms with Crippen LogP contribution in [0.5, 0.6) is 5.75 Å². The zero-order valence-corrected chi connectivity index (χ0v) is 18.4. The highest BCUT2D eigenvalue weighted by Gasteiger charge is 2.39. The van der Waals surface area contributed by atoms with Crippen molar-refractivity contribution in [3.63, 3.8) is 0 Å². The molecule has 2 unspecified atom stereocenters. The number of halogens is 1. The Morgan fingerprint density at radius 2 is 1.94 bits per heavy atom. The molecule has 0 saturated carbocycles. The van der Waals surface area contributed by atoms with Crippen molar-refractivity contribution in [3.8, 4) is 5.75 Å². The van der Waals surface area contributed by atoms with Crippen molar-refractivity contribution >= 4 is 33.0 Å². The number of hydrogen-bond donors (Lipinski definition) is 4. The van der Waals surface area contributed by atoms with Crippen molar-refractivity contribution in [2.75, 3.05) is 19.8 Å². The molecule has 0 spiro atoms. The average Bonchev–Trinajstić information content (AvgIpc) is 3.18. The summed E-state index contributed by atoms with van der Waals surface area (Å²) in [7, 11) is 0. The molecule has 1 aliphatic rings. The van der Waals surface area contributed by atoms with Crippen LogP contribution in [-0.2, 0) is 11.2 Å². The van der Waals surface area contributed by atoms with E-state index in [0.29, 0.717) is 22.8 Å². The van der Waals surface area contributed by atoms with Crippen LogP contribution in [0.2, 0.25) is 5.02 Å². The van der Waals surface area contributed by atoms with E-state index < -0.39 is 24.4 Å². The Balaban J connectivity index is 1.71. The van der Waals surface area contributed by atoms with Crippen LogP contribution in [0.15, 0.2) is 42.5 Å². The number of aliphatic hydroxyl groups excluding tert-OH is 4. The molecule has 0 aliphatic carbocycles. The lowest BCUT2D eigenvalue weighted by atomic mass is 9.91. The quantitative estimate of drug-likeness (QED) is 0.429. The number of thiophene rings is 1. The summed E-state index contributed by atoms with van der Waals surface area (Å²) < 4.78 is 12.7. The molecule has 8 heteroatoms. The summed E-state index contributed by atoms with van der Waals surface area (Å²) in [4.78, 5) is 1.14. The highest BCUT2D eigenvalue weighted by atomic mass is 35.5. The van der Waals surface area contributed by atoms with Gasteiger partial charge in [-0.25, -0.2) is 0 Å². The summed E-state index contributed by atoms with van der Waals surface area (Å²) in [6.45, 7) is -0.403. The fourth-order valence-corrected chi connectivity index (χ4v) is 5.21. The molecule has 4 rings (SSSR count). The lowest BCUT2D eigenvalue weighted by Gasteiger charge is -2.37. The monoisotopic (exact) mass is 464 g/mol. The summed E-state index contributed by atoms with van der Waals surface area (Å²) in [5.41, 5.74) is 1.36. The van der Waals surface area contributed by atoms with E-state index in [2.05, 4.69) is 18.2 Å². The van der Waals surface area contributed by atoms with Gasteiger partial charge in [0.2, 0.25) is 0 Å². The number of benzene rings is 2. The van der Waals surface area contributed by atoms with Gasteiger partial charge >= 0.3 is 0 Å². The van der Waals surface area contributed by atoms with Crippen LogP contribution >= 0.6 is 22.9 Å². The molecule has 2 aromatic carbocycles. The van der Waals surface area contributed by atoms with Crippen LogP contribution in [0.4, 0.5) is 0 Å². The van der Waals surface area contributed by atoms with Crippen LogP contribution in [0.1, 0.15) is 28.5 Å². The maximum absolute atomic E-state index is 10.6. The van der Waals surface area contributed by atoms with Gasteiger partial charge in [-0.1, -0.05) is 29.8 Å². The van der Waals surface area contributed by atoms with Gasteiger partial charge in [-0.05, 0) is 35.2 Å². The molecule has 1 aliphatic heterocycles. The average molecular weight is 465 g/mol. The minimum atomic E-state index is -1.18. The molecule has 166 valence electrons. The Morgan fingerprint density at radius 1 is 1.13 bits per heavy atom. The SMILES string of the molecule is OCCOc1cc(Cl)c(Cc2cc3ccccc3s2)cc1C1OC(CO)C[C@H](O)[C@H]1O. The van der Waals surface area contributed by atoms with Crippen molar-refractivity contribution < 1.29 is 29.9 Å². The van der Waals surface area contributed by atoms with Gasteiger partial charge in [0.15, 0.2) is 0 Å². The van der Waals surface area contributed by atoms with E-state index in [0.717, 1.165) is 10.4 Å². The smallest absolute Gasteiger partial charge is 0.126 e. The zero-order chi connectivity index (χ0) is 22.0. The minimum Gasteiger partial charge on any atom is -0.491 e. The zero-order valence-electron chi connectivity index (χ0n) is 16.8. The third kappa shape index (κ3) is 4.88. The van der Waals surface area contributed by atoms with Gasteiger partial charge in [-0.3, -0.25) is 0 Å². The van der Waals surface area contributed by atoms with Gasteiger partial charge in [0.05, 0.1) is 25.4 Å². The summed E-state index contributed by atoms with van der Waals surface area (Å²) in [5, 5.41) is 41.3. The Hall–Kier alpha value is -1.71. The molecule has 1 aromatic heterocycles. The van der Waals surface area contributed by atoms with Gasteiger partial charge in [-0.2, -0.15) is 0 Å². The first-order valence-electron chi connectivity index (χ1n) is 10.2. The Bertz CT molecular complexity index is 1010. The van der Waals surface area contributed by atoms with E-state index in [1.54, 1.807) is 17.4 Å². The first kappa shape index (κ1) is 22.5. The molecule has 4 atom stereocenters. The summed E-state index contributed by atoms with van der Waals surface area (Å²) in [6.07, 6.45) is -2.99. The molecule has 4 N–H and O–H groups in total. The van der Waals surface area contributed by atoms with E-state index >= 15 is 0 Å². The molecular formula is C23H25ClO6S. The largest absolute Gasteiger partial charge is 0.491 e. The maximum atomic E-state index is 10.6. The van der Waals surface area contributed by atoms with Crippen LogP contribution in [0.3, 0.4) is 0 Å². The number of fused-ring (bicyclic) bond motifs is 1. The Kier molecular flexibility index (Phi) is 7.13. The van der Waals surface area contributed by atoms with E-state index in [1.165, 1.54) is 10.1 Å². The second-order valence-electron chi connectivity index (χ2n) is 7.64. The maximum Gasteiger partial charge on any atom is 0.126 e. The molecular weight excluding hydrogens is 440 g/mol. The summed E-state index contributed by atoms with van der Waals surface area (Å²) in [5.74, 6) is 0.369. The number of hydrogen-bond acceptors (Lipinski definition) is 7. The highest BCUT2D eigenvalue weighted by Crippen LogP contribution is 2.40. The molecule has 0 amide bonds. The fourth-order valence-electron chi connectivity index (χ4n) is 3.90. The first-order chi connectivity index (χ1) is 15.0. The van der Waals surface area contributed by atoms with Crippen LogP contribution in [0.25, 0.3) is 10.1 Å². The molecule has 31 heavy (non-hydrogen) atoms. The van der Waals surface area contributed by atoms with E-state index in [4.69, 9.17) is 21.1 Å².